The molecule has 1 aliphatic carbocycles. The summed E-state index contributed by atoms with van der Waals surface area (Å²) in [6.45, 7) is 1.89. The molecular formula is C26H24FN3O3. The third-order valence-electron chi connectivity index (χ3n) is 6.28. The van der Waals surface area contributed by atoms with Crippen LogP contribution < -0.4 is 10.3 Å². The van der Waals surface area contributed by atoms with Crippen molar-refractivity contribution >= 4 is 0 Å². The Morgan fingerprint density at radius 3 is 2.76 bits per heavy atom. The first-order chi connectivity index (χ1) is 16.0. The average Bonchev–Trinajstić information content (AvgIpc) is 3.45. The molecule has 0 fully saturated rings. The van der Waals surface area contributed by atoms with Crippen LogP contribution in [0.15, 0.2) is 72.0 Å². The Balaban J connectivity index is 1.55. The van der Waals surface area contributed by atoms with Gasteiger partial charge < -0.3 is 19.0 Å². The zero-order valence-electron chi connectivity index (χ0n) is 18.4. The quantitative estimate of drug-likeness (QED) is 0.502. The monoisotopic (exact) mass is 445 g/mol. The van der Waals surface area contributed by atoms with Gasteiger partial charge in [-0.05, 0) is 54.7 Å². The third-order valence-corrected chi connectivity index (χ3v) is 6.28. The van der Waals surface area contributed by atoms with Gasteiger partial charge in [-0.15, -0.1) is 0 Å². The van der Waals surface area contributed by atoms with Crippen LogP contribution in [0.1, 0.15) is 46.5 Å². The first-order valence-corrected chi connectivity index (χ1v) is 10.8. The topological polar surface area (TPSA) is 69.3 Å². The molecule has 7 heteroatoms. The molecule has 0 bridgehead atoms. The van der Waals surface area contributed by atoms with E-state index in [1.165, 1.54) is 17.9 Å². The molecule has 4 aromatic rings. The summed E-state index contributed by atoms with van der Waals surface area (Å²) >= 11 is 0. The highest BCUT2D eigenvalue weighted by molar-refractivity contribution is 5.50. The molecule has 2 aromatic carbocycles. The zero-order chi connectivity index (χ0) is 23.1. The second-order valence-corrected chi connectivity index (χ2v) is 8.34. The average molecular weight is 445 g/mol. The number of rotatable bonds is 5. The molecule has 6 nitrogen and oxygen atoms in total. The van der Waals surface area contributed by atoms with Crippen molar-refractivity contribution in [1.29, 1.82) is 0 Å². The van der Waals surface area contributed by atoms with Crippen LogP contribution in [0.4, 0.5) is 4.39 Å². The number of hydrogen-bond donors (Lipinski definition) is 1. The van der Waals surface area contributed by atoms with Crippen LogP contribution in [-0.4, -0.2) is 26.3 Å². The number of imidazole rings is 1. The number of methoxy groups -OCH3 is 1. The van der Waals surface area contributed by atoms with Crippen LogP contribution >= 0.6 is 0 Å². The number of ether oxygens (including phenoxy) is 1. The Morgan fingerprint density at radius 2 is 2.00 bits per heavy atom. The number of pyridine rings is 1. The normalized spacial score (nSPS) is 15.9. The van der Waals surface area contributed by atoms with E-state index < -0.39 is 17.5 Å². The summed E-state index contributed by atoms with van der Waals surface area (Å²) < 4.78 is 23.4. The summed E-state index contributed by atoms with van der Waals surface area (Å²) in [5, 5.41) is 11.1. The molecule has 0 amide bonds. The Labute approximate surface area is 190 Å². The van der Waals surface area contributed by atoms with Gasteiger partial charge in [-0.1, -0.05) is 30.3 Å². The number of aliphatic hydroxyl groups is 1. The van der Waals surface area contributed by atoms with Gasteiger partial charge in [0.2, 0.25) is 0 Å². The Hall–Kier alpha value is -3.71. The molecule has 0 saturated heterocycles. The maximum absolute atomic E-state index is 14.6. The number of hydrogen-bond acceptors (Lipinski definition) is 4. The van der Waals surface area contributed by atoms with Crippen LogP contribution in [0.3, 0.4) is 0 Å². The summed E-state index contributed by atoms with van der Waals surface area (Å²) in [5.74, 6) is -0.0593. The summed E-state index contributed by atoms with van der Waals surface area (Å²) in [6, 6.07) is 13.9. The smallest absolute Gasteiger partial charge is 0.257 e. The summed E-state index contributed by atoms with van der Waals surface area (Å²) in [7, 11) is 1.53. The fourth-order valence-corrected chi connectivity index (χ4v) is 4.65. The number of aliphatic hydroxyl groups excluding tert-OH is 1. The van der Waals surface area contributed by atoms with Crippen molar-refractivity contribution < 1.29 is 14.2 Å². The van der Waals surface area contributed by atoms with Crippen LogP contribution in [0.25, 0.3) is 5.69 Å². The van der Waals surface area contributed by atoms with E-state index in [1.807, 2.05) is 42.0 Å². The molecule has 2 atom stereocenters. The van der Waals surface area contributed by atoms with Gasteiger partial charge in [0, 0.05) is 12.4 Å². The van der Waals surface area contributed by atoms with Gasteiger partial charge in [-0.3, -0.25) is 4.79 Å². The Morgan fingerprint density at radius 1 is 1.18 bits per heavy atom. The van der Waals surface area contributed by atoms with Crippen molar-refractivity contribution in [2.75, 3.05) is 7.11 Å². The van der Waals surface area contributed by atoms with E-state index in [2.05, 4.69) is 4.98 Å². The van der Waals surface area contributed by atoms with Crippen molar-refractivity contribution in [3.8, 4) is 11.4 Å². The number of fused-ring (bicyclic) bond motifs is 1. The number of aryl methyl sites for hydroxylation is 2. The maximum atomic E-state index is 14.6. The van der Waals surface area contributed by atoms with Gasteiger partial charge in [0.1, 0.15) is 17.7 Å². The minimum absolute atomic E-state index is 0.00680. The molecule has 5 rings (SSSR count). The van der Waals surface area contributed by atoms with Crippen LogP contribution in [0.5, 0.6) is 5.75 Å². The molecule has 0 aliphatic heterocycles. The SMILES string of the molecule is COc1cc(C(O)c2cc(F)cn(C3CCc4ccccc43)c2=O)ccc1-n1cnc(C)c1. The van der Waals surface area contributed by atoms with Gasteiger partial charge in [-0.2, -0.15) is 0 Å². The summed E-state index contributed by atoms with van der Waals surface area (Å²) in [4.78, 5) is 17.6. The highest BCUT2D eigenvalue weighted by Gasteiger charge is 2.27. The maximum Gasteiger partial charge on any atom is 0.257 e. The molecule has 2 heterocycles. The van der Waals surface area contributed by atoms with E-state index in [9.17, 15) is 14.3 Å². The summed E-state index contributed by atoms with van der Waals surface area (Å²) in [6.07, 6.45) is 5.01. The van der Waals surface area contributed by atoms with E-state index in [1.54, 1.807) is 24.5 Å². The molecule has 33 heavy (non-hydrogen) atoms. The molecule has 168 valence electrons. The highest BCUT2D eigenvalue weighted by atomic mass is 19.1. The van der Waals surface area contributed by atoms with Gasteiger partial charge >= 0.3 is 0 Å². The summed E-state index contributed by atoms with van der Waals surface area (Å²) in [5.41, 5.74) is 3.81. The van der Waals surface area contributed by atoms with Gasteiger partial charge in [0.05, 0.1) is 36.4 Å². The lowest BCUT2D eigenvalue weighted by Gasteiger charge is -2.19. The largest absolute Gasteiger partial charge is 0.495 e. The van der Waals surface area contributed by atoms with Crippen molar-refractivity contribution in [3.05, 3.63) is 111 Å². The lowest BCUT2D eigenvalue weighted by molar-refractivity contribution is 0.216. The number of halogens is 1. The third kappa shape index (κ3) is 3.74. The van der Waals surface area contributed by atoms with Crippen molar-refractivity contribution in [2.45, 2.75) is 31.9 Å². The Kier molecular flexibility index (Phi) is 5.34. The Bertz CT molecular complexity index is 1390. The standard InChI is InChI=1S/C26H24FN3O3/c1-16-13-29(15-28-16)23-10-8-18(11-24(23)33-2)25(31)21-12-19(27)14-30(26(21)32)22-9-7-17-5-3-4-6-20(17)22/h3-6,8,10-15,22,25,31H,7,9H2,1-2H3. The molecule has 0 saturated carbocycles. The predicted octanol–water partition coefficient (Wildman–Crippen LogP) is 4.11. The molecular weight excluding hydrogens is 421 g/mol. The fourth-order valence-electron chi connectivity index (χ4n) is 4.65. The predicted molar refractivity (Wildman–Crippen MR) is 122 cm³/mol. The molecule has 2 unspecified atom stereocenters. The van der Waals surface area contributed by atoms with Gasteiger partial charge in [0.25, 0.3) is 5.56 Å². The molecule has 1 aliphatic rings. The molecule has 0 radical (unpaired) electrons. The molecule has 2 aromatic heterocycles. The fraction of sp³-hybridized carbons (Fsp3) is 0.231. The lowest BCUT2D eigenvalue weighted by Crippen LogP contribution is -2.29. The molecule has 1 N–H and O–H groups in total. The van der Waals surface area contributed by atoms with E-state index >= 15 is 0 Å². The molecule has 0 spiro atoms. The van der Waals surface area contributed by atoms with E-state index in [0.29, 0.717) is 17.7 Å². The number of benzene rings is 2. The van der Waals surface area contributed by atoms with Crippen LogP contribution in [0, 0.1) is 12.7 Å². The van der Waals surface area contributed by atoms with E-state index in [0.717, 1.165) is 35.0 Å². The lowest BCUT2D eigenvalue weighted by atomic mass is 10.0. The minimum atomic E-state index is -1.30. The second-order valence-electron chi connectivity index (χ2n) is 8.34. The zero-order valence-corrected chi connectivity index (χ0v) is 18.4. The second kappa shape index (κ2) is 8.33. The first-order valence-electron chi connectivity index (χ1n) is 10.8. The first kappa shape index (κ1) is 21.2. The van der Waals surface area contributed by atoms with E-state index in [-0.39, 0.29) is 11.6 Å². The van der Waals surface area contributed by atoms with E-state index in [4.69, 9.17) is 4.74 Å². The van der Waals surface area contributed by atoms with Crippen molar-refractivity contribution in [3.63, 3.8) is 0 Å². The van der Waals surface area contributed by atoms with Crippen molar-refractivity contribution in [1.82, 2.24) is 14.1 Å². The van der Waals surface area contributed by atoms with Crippen molar-refractivity contribution in [2.24, 2.45) is 0 Å². The van der Waals surface area contributed by atoms with Crippen LogP contribution in [0.2, 0.25) is 0 Å². The number of aromatic nitrogens is 3. The van der Waals surface area contributed by atoms with Gasteiger partial charge in [0.15, 0.2) is 0 Å². The van der Waals surface area contributed by atoms with Gasteiger partial charge in [-0.25, -0.2) is 9.37 Å². The van der Waals surface area contributed by atoms with Crippen LogP contribution in [-0.2, 0) is 6.42 Å². The minimum Gasteiger partial charge on any atom is -0.495 e. The highest BCUT2D eigenvalue weighted by Crippen LogP contribution is 2.34. The number of nitrogens with zero attached hydrogens (tertiary/aromatic N) is 3.